The van der Waals surface area contributed by atoms with Gasteiger partial charge in [0.05, 0.1) is 11.4 Å². The highest BCUT2D eigenvalue weighted by Crippen LogP contribution is 2.22. The van der Waals surface area contributed by atoms with Crippen LogP contribution in [0.15, 0.2) is 53.4 Å². The van der Waals surface area contributed by atoms with E-state index < -0.39 is 15.9 Å². The SMILES string of the molecule is NC(=O)c1ccc(S(=O)(=O)N2CCN(CC(=O)Nc3ccc(N4CCCCCC4)cc3)CC2)cc1. The van der Waals surface area contributed by atoms with E-state index >= 15 is 0 Å². The summed E-state index contributed by atoms with van der Waals surface area (Å²) in [7, 11) is -3.67. The molecule has 10 heteroatoms. The van der Waals surface area contributed by atoms with Crippen molar-refractivity contribution in [1.82, 2.24) is 9.21 Å². The molecule has 2 saturated heterocycles. The molecular weight excluding hydrogens is 466 g/mol. The Morgan fingerprint density at radius 2 is 1.40 bits per heavy atom. The summed E-state index contributed by atoms with van der Waals surface area (Å²) in [4.78, 5) is 28.3. The lowest BCUT2D eigenvalue weighted by atomic mass is 10.2. The Morgan fingerprint density at radius 1 is 0.800 bits per heavy atom. The first-order valence-electron chi connectivity index (χ1n) is 12.1. The molecule has 0 bridgehead atoms. The lowest BCUT2D eigenvalue weighted by molar-refractivity contribution is -0.117. The molecule has 0 unspecified atom stereocenters. The van der Waals surface area contributed by atoms with E-state index in [2.05, 4.69) is 22.3 Å². The van der Waals surface area contributed by atoms with Gasteiger partial charge in [-0.2, -0.15) is 4.31 Å². The predicted octanol–water partition coefficient (Wildman–Crippen LogP) is 2.11. The number of carbonyl (C=O) groups excluding carboxylic acids is 2. The first kappa shape index (κ1) is 25.2. The number of nitrogens with one attached hydrogen (secondary N) is 1. The van der Waals surface area contributed by atoms with Gasteiger partial charge in [0.25, 0.3) is 0 Å². The van der Waals surface area contributed by atoms with E-state index in [1.54, 1.807) is 0 Å². The van der Waals surface area contributed by atoms with Crippen LogP contribution in [0.3, 0.4) is 0 Å². The number of amides is 2. The smallest absolute Gasteiger partial charge is 0.248 e. The van der Waals surface area contributed by atoms with Crippen LogP contribution in [0.25, 0.3) is 0 Å². The fourth-order valence-corrected chi connectivity index (χ4v) is 5.98. The second-order valence-corrected chi connectivity index (χ2v) is 11.0. The number of hydrogen-bond donors (Lipinski definition) is 2. The van der Waals surface area contributed by atoms with Crippen molar-refractivity contribution >= 4 is 33.2 Å². The summed E-state index contributed by atoms with van der Waals surface area (Å²) in [6, 6.07) is 13.6. The second-order valence-electron chi connectivity index (χ2n) is 9.07. The molecule has 2 heterocycles. The summed E-state index contributed by atoms with van der Waals surface area (Å²) in [5.41, 5.74) is 7.43. The molecule has 0 radical (unpaired) electrons. The number of rotatable bonds is 7. The zero-order valence-corrected chi connectivity index (χ0v) is 20.7. The van der Waals surface area contributed by atoms with Crippen LogP contribution < -0.4 is 16.0 Å². The van der Waals surface area contributed by atoms with Crippen LogP contribution in [0.1, 0.15) is 36.0 Å². The molecule has 2 aromatic rings. The van der Waals surface area contributed by atoms with Crippen LogP contribution in [-0.4, -0.2) is 75.3 Å². The van der Waals surface area contributed by atoms with Crippen LogP contribution in [0.2, 0.25) is 0 Å². The van der Waals surface area contributed by atoms with E-state index in [0.29, 0.717) is 13.1 Å². The van der Waals surface area contributed by atoms with Gasteiger partial charge in [-0.25, -0.2) is 8.42 Å². The number of primary amides is 1. The summed E-state index contributed by atoms with van der Waals surface area (Å²) in [6.45, 7) is 3.85. The third kappa shape index (κ3) is 6.39. The first-order chi connectivity index (χ1) is 16.8. The number of carbonyl (C=O) groups is 2. The van der Waals surface area contributed by atoms with Crippen molar-refractivity contribution in [2.75, 3.05) is 56.0 Å². The Morgan fingerprint density at radius 3 is 1.97 bits per heavy atom. The average molecular weight is 500 g/mol. The van der Waals surface area contributed by atoms with Gasteiger partial charge in [-0.05, 0) is 61.4 Å². The minimum Gasteiger partial charge on any atom is -0.372 e. The lowest BCUT2D eigenvalue weighted by Crippen LogP contribution is -2.50. The topological polar surface area (TPSA) is 116 Å². The molecule has 2 aromatic carbocycles. The summed E-state index contributed by atoms with van der Waals surface area (Å²) < 4.78 is 27.2. The van der Waals surface area contributed by atoms with Gasteiger partial charge in [0, 0.05) is 56.2 Å². The van der Waals surface area contributed by atoms with Crippen molar-refractivity contribution in [2.45, 2.75) is 30.6 Å². The summed E-state index contributed by atoms with van der Waals surface area (Å²) >= 11 is 0. The molecule has 0 aromatic heterocycles. The number of hydrogen-bond acceptors (Lipinski definition) is 6. The second kappa shape index (κ2) is 11.2. The zero-order valence-electron chi connectivity index (χ0n) is 19.9. The van der Waals surface area contributed by atoms with Crippen molar-refractivity contribution in [3.63, 3.8) is 0 Å². The molecule has 0 saturated carbocycles. The van der Waals surface area contributed by atoms with Gasteiger partial charge in [0.1, 0.15) is 0 Å². The minimum atomic E-state index is -3.67. The Hall–Kier alpha value is -2.95. The lowest BCUT2D eigenvalue weighted by Gasteiger charge is -2.33. The van der Waals surface area contributed by atoms with E-state index in [9.17, 15) is 18.0 Å². The van der Waals surface area contributed by atoms with Gasteiger partial charge in [-0.1, -0.05) is 12.8 Å². The van der Waals surface area contributed by atoms with Crippen LogP contribution in [-0.2, 0) is 14.8 Å². The van der Waals surface area contributed by atoms with Gasteiger partial charge in [0.2, 0.25) is 21.8 Å². The highest BCUT2D eigenvalue weighted by molar-refractivity contribution is 7.89. The average Bonchev–Trinajstić information content (AvgIpc) is 3.14. The van der Waals surface area contributed by atoms with Crippen LogP contribution in [0, 0.1) is 0 Å². The van der Waals surface area contributed by atoms with E-state index in [1.807, 2.05) is 17.0 Å². The van der Waals surface area contributed by atoms with Crippen molar-refractivity contribution in [3.05, 3.63) is 54.1 Å². The number of benzene rings is 2. The van der Waals surface area contributed by atoms with Gasteiger partial charge in [-0.15, -0.1) is 0 Å². The van der Waals surface area contributed by atoms with Crippen molar-refractivity contribution in [3.8, 4) is 0 Å². The largest absolute Gasteiger partial charge is 0.372 e. The molecular formula is C25H33N5O4S. The number of anilines is 2. The fourth-order valence-electron chi connectivity index (χ4n) is 4.56. The summed E-state index contributed by atoms with van der Waals surface area (Å²) in [6.07, 6.45) is 5.01. The van der Waals surface area contributed by atoms with Crippen molar-refractivity contribution in [2.24, 2.45) is 5.73 Å². The number of sulfonamides is 1. The molecule has 2 aliphatic heterocycles. The number of piperazine rings is 1. The molecule has 3 N–H and O–H groups in total. The number of nitrogens with two attached hydrogens (primary N) is 1. The van der Waals surface area contributed by atoms with Crippen molar-refractivity contribution in [1.29, 1.82) is 0 Å². The minimum absolute atomic E-state index is 0.120. The molecule has 188 valence electrons. The molecule has 4 rings (SSSR count). The van der Waals surface area contributed by atoms with Gasteiger partial charge in [0.15, 0.2) is 0 Å². The molecule has 9 nitrogen and oxygen atoms in total. The normalized spacial score (nSPS) is 18.1. The fraction of sp³-hybridized carbons (Fsp3) is 0.440. The Bertz CT molecular complexity index is 1120. The quantitative estimate of drug-likeness (QED) is 0.603. The molecule has 0 spiro atoms. The van der Waals surface area contributed by atoms with E-state index in [-0.39, 0.29) is 36.0 Å². The summed E-state index contributed by atoms with van der Waals surface area (Å²) in [5.74, 6) is -0.722. The van der Waals surface area contributed by atoms with E-state index in [4.69, 9.17) is 5.73 Å². The van der Waals surface area contributed by atoms with Crippen molar-refractivity contribution < 1.29 is 18.0 Å². The maximum Gasteiger partial charge on any atom is 0.248 e. The Labute approximate surface area is 206 Å². The monoisotopic (exact) mass is 499 g/mol. The third-order valence-corrected chi connectivity index (χ3v) is 8.51. The van der Waals surface area contributed by atoms with E-state index in [1.165, 1.54) is 59.9 Å². The molecule has 2 amide bonds. The van der Waals surface area contributed by atoms with Crippen LogP contribution in [0.4, 0.5) is 11.4 Å². The maximum absolute atomic E-state index is 12.9. The molecule has 2 fully saturated rings. The Kier molecular flexibility index (Phi) is 8.04. The molecule has 0 atom stereocenters. The van der Waals surface area contributed by atoms with Gasteiger partial charge < -0.3 is 16.0 Å². The molecule has 0 aliphatic carbocycles. The maximum atomic E-state index is 12.9. The van der Waals surface area contributed by atoms with Crippen LogP contribution >= 0.6 is 0 Å². The number of nitrogens with zero attached hydrogens (tertiary/aromatic N) is 3. The van der Waals surface area contributed by atoms with Gasteiger partial charge >= 0.3 is 0 Å². The standard InChI is InChI=1S/C25H33N5O4S/c26-25(32)20-5-11-23(12-6-20)35(33,34)30-17-15-28(16-18-30)19-24(31)27-21-7-9-22(10-8-21)29-13-3-1-2-4-14-29/h5-12H,1-4,13-19H2,(H2,26,32)(H,27,31). The summed E-state index contributed by atoms with van der Waals surface area (Å²) in [5, 5.41) is 2.94. The van der Waals surface area contributed by atoms with Crippen LogP contribution in [0.5, 0.6) is 0 Å². The zero-order chi connectivity index (χ0) is 24.8. The van der Waals surface area contributed by atoms with Gasteiger partial charge in [-0.3, -0.25) is 14.5 Å². The third-order valence-electron chi connectivity index (χ3n) is 6.60. The van der Waals surface area contributed by atoms with E-state index in [0.717, 1.165) is 18.8 Å². The highest BCUT2D eigenvalue weighted by Gasteiger charge is 2.29. The Balaban J connectivity index is 1.26. The highest BCUT2D eigenvalue weighted by atomic mass is 32.2. The first-order valence-corrected chi connectivity index (χ1v) is 13.5. The predicted molar refractivity (Wildman–Crippen MR) is 136 cm³/mol. The molecule has 35 heavy (non-hydrogen) atoms. The molecule has 2 aliphatic rings.